The molecule has 0 radical (unpaired) electrons. The molecule has 0 amide bonds. The van der Waals surface area contributed by atoms with Gasteiger partial charge in [0.05, 0.1) is 18.5 Å². The van der Waals surface area contributed by atoms with Crippen LogP contribution in [0.15, 0.2) is 11.1 Å². The fourth-order valence-corrected chi connectivity index (χ4v) is 2.62. The zero-order valence-electron chi connectivity index (χ0n) is 9.77. The molecule has 1 aliphatic rings. The van der Waals surface area contributed by atoms with E-state index in [1.54, 1.807) is 6.92 Å². The predicted octanol–water partition coefficient (Wildman–Crippen LogP) is 0.423. The highest BCUT2D eigenvalue weighted by Gasteiger charge is 2.21. The molecule has 0 bridgehead atoms. The molecule has 0 spiro atoms. The van der Waals surface area contributed by atoms with Crippen molar-refractivity contribution in [2.45, 2.75) is 24.7 Å². The molecule has 2 N–H and O–H groups in total. The Labute approximate surface area is 101 Å². The Hall–Kier alpha value is -0.920. The SMILES string of the molecule is Cc1[nH]ncc1S(=O)(=O)NCCOCC1CC1. The zero-order valence-corrected chi connectivity index (χ0v) is 10.6. The van der Waals surface area contributed by atoms with Crippen LogP contribution in [-0.4, -0.2) is 38.4 Å². The van der Waals surface area contributed by atoms with Gasteiger partial charge in [-0.25, -0.2) is 13.1 Å². The highest BCUT2D eigenvalue weighted by atomic mass is 32.2. The number of aryl methyl sites for hydroxylation is 1. The van der Waals surface area contributed by atoms with E-state index in [1.165, 1.54) is 19.0 Å². The van der Waals surface area contributed by atoms with E-state index < -0.39 is 10.0 Å². The summed E-state index contributed by atoms with van der Waals surface area (Å²) < 4.78 is 31.4. The number of nitrogens with zero attached hydrogens (tertiary/aromatic N) is 1. The van der Waals surface area contributed by atoms with E-state index in [0.29, 0.717) is 24.8 Å². The second-order valence-corrected chi connectivity index (χ2v) is 6.01. The summed E-state index contributed by atoms with van der Waals surface area (Å²) in [5.74, 6) is 0.697. The second-order valence-electron chi connectivity index (χ2n) is 4.28. The number of rotatable bonds is 7. The van der Waals surface area contributed by atoms with Gasteiger partial charge in [-0.05, 0) is 25.7 Å². The fraction of sp³-hybridized carbons (Fsp3) is 0.700. The van der Waals surface area contributed by atoms with Crippen LogP contribution in [-0.2, 0) is 14.8 Å². The van der Waals surface area contributed by atoms with E-state index >= 15 is 0 Å². The van der Waals surface area contributed by atoms with Crippen LogP contribution in [0.4, 0.5) is 0 Å². The van der Waals surface area contributed by atoms with Gasteiger partial charge in [-0.1, -0.05) is 0 Å². The second kappa shape index (κ2) is 5.16. The van der Waals surface area contributed by atoms with Gasteiger partial charge in [0.25, 0.3) is 0 Å². The molecular weight excluding hydrogens is 242 g/mol. The van der Waals surface area contributed by atoms with Gasteiger partial charge < -0.3 is 4.74 Å². The number of hydrogen-bond donors (Lipinski definition) is 2. The van der Waals surface area contributed by atoms with E-state index in [2.05, 4.69) is 14.9 Å². The Morgan fingerprint density at radius 1 is 1.59 bits per heavy atom. The summed E-state index contributed by atoms with van der Waals surface area (Å²) in [5, 5.41) is 6.29. The number of H-pyrrole nitrogens is 1. The van der Waals surface area contributed by atoms with E-state index in [9.17, 15) is 8.42 Å². The van der Waals surface area contributed by atoms with Crippen molar-refractivity contribution in [1.82, 2.24) is 14.9 Å². The molecule has 0 saturated heterocycles. The first-order valence-electron chi connectivity index (χ1n) is 5.67. The van der Waals surface area contributed by atoms with Crippen molar-refractivity contribution in [1.29, 1.82) is 0 Å². The topological polar surface area (TPSA) is 84.1 Å². The Morgan fingerprint density at radius 2 is 2.35 bits per heavy atom. The standard InChI is InChI=1S/C10H17N3O3S/c1-8-10(6-11-13-8)17(14,15)12-4-5-16-7-9-2-3-9/h6,9,12H,2-5,7H2,1H3,(H,11,13). The molecule has 1 aromatic heterocycles. The summed E-state index contributed by atoms with van der Waals surface area (Å²) in [5.41, 5.74) is 0.538. The van der Waals surface area contributed by atoms with Crippen LogP contribution in [0.1, 0.15) is 18.5 Å². The van der Waals surface area contributed by atoms with Crippen LogP contribution >= 0.6 is 0 Å². The summed E-state index contributed by atoms with van der Waals surface area (Å²) >= 11 is 0. The minimum atomic E-state index is -3.46. The number of sulfonamides is 1. The number of hydrogen-bond acceptors (Lipinski definition) is 4. The first-order valence-corrected chi connectivity index (χ1v) is 7.15. The van der Waals surface area contributed by atoms with Crippen LogP contribution < -0.4 is 4.72 Å². The molecule has 1 saturated carbocycles. The molecule has 0 unspecified atom stereocenters. The maximum Gasteiger partial charge on any atom is 0.244 e. The first kappa shape index (κ1) is 12.5. The summed E-state index contributed by atoms with van der Waals surface area (Å²) in [6.07, 6.45) is 3.78. The molecule has 1 heterocycles. The smallest absolute Gasteiger partial charge is 0.244 e. The summed E-state index contributed by atoms with van der Waals surface area (Å²) in [6, 6.07) is 0. The Kier molecular flexibility index (Phi) is 3.80. The largest absolute Gasteiger partial charge is 0.380 e. The van der Waals surface area contributed by atoms with Gasteiger partial charge in [0.1, 0.15) is 4.90 Å². The molecule has 2 rings (SSSR count). The zero-order chi connectivity index (χ0) is 12.3. The summed E-state index contributed by atoms with van der Waals surface area (Å²) in [7, 11) is -3.46. The Balaban J connectivity index is 1.75. The van der Waals surface area contributed by atoms with Crippen molar-refractivity contribution in [3.63, 3.8) is 0 Å². The average molecular weight is 259 g/mol. The van der Waals surface area contributed by atoms with Crippen molar-refractivity contribution in [3.05, 3.63) is 11.9 Å². The van der Waals surface area contributed by atoms with Crippen molar-refractivity contribution >= 4 is 10.0 Å². The van der Waals surface area contributed by atoms with Crippen LogP contribution in [0, 0.1) is 12.8 Å². The van der Waals surface area contributed by atoms with E-state index in [0.717, 1.165) is 6.61 Å². The maximum absolute atomic E-state index is 11.8. The number of ether oxygens (including phenoxy) is 1. The molecule has 17 heavy (non-hydrogen) atoms. The van der Waals surface area contributed by atoms with Gasteiger partial charge in [0, 0.05) is 13.2 Å². The van der Waals surface area contributed by atoms with Gasteiger partial charge >= 0.3 is 0 Å². The highest BCUT2D eigenvalue weighted by Crippen LogP contribution is 2.28. The quantitative estimate of drug-likeness (QED) is 0.695. The molecule has 0 aliphatic heterocycles. The summed E-state index contributed by atoms with van der Waals surface area (Å²) in [6.45, 7) is 3.12. The van der Waals surface area contributed by atoms with Crippen molar-refractivity contribution < 1.29 is 13.2 Å². The van der Waals surface area contributed by atoms with Crippen LogP contribution in [0.2, 0.25) is 0 Å². The predicted molar refractivity (Wildman–Crippen MR) is 62.1 cm³/mol. The molecule has 1 fully saturated rings. The maximum atomic E-state index is 11.8. The lowest BCUT2D eigenvalue weighted by Gasteiger charge is -2.06. The monoisotopic (exact) mass is 259 g/mol. The third-order valence-corrected chi connectivity index (χ3v) is 4.24. The van der Waals surface area contributed by atoms with Gasteiger partial charge in [0.15, 0.2) is 0 Å². The first-order chi connectivity index (χ1) is 8.09. The Morgan fingerprint density at radius 3 is 2.94 bits per heavy atom. The normalized spacial score (nSPS) is 16.3. The molecule has 96 valence electrons. The third-order valence-electron chi connectivity index (χ3n) is 2.66. The fourth-order valence-electron chi connectivity index (χ4n) is 1.47. The van der Waals surface area contributed by atoms with Crippen molar-refractivity contribution in [2.24, 2.45) is 5.92 Å². The van der Waals surface area contributed by atoms with Gasteiger partial charge in [-0.3, -0.25) is 5.10 Å². The molecule has 0 atom stereocenters. The highest BCUT2D eigenvalue weighted by molar-refractivity contribution is 7.89. The van der Waals surface area contributed by atoms with Crippen LogP contribution in [0.3, 0.4) is 0 Å². The molecule has 1 aromatic rings. The summed E-state index contributed by atoms with van der Waals surface area (Å²) in [4.78, 5) is 0.194. The Bertz CT molecular complexity index is 465. The third kappa shape index (κ3) is 3.52. The van der Waals surface area contributed by atoms with Crippen molar-refractivity contribution in [2.75, 3.05) is 19.8 Å². The van der Waals surface area contributed by atoms with Crippen molar-refractivity contribution in [3.8, 4) is 0 Å². The molecule has 6 nitrogen and oxygen atoms in total. The van der Waals surface area contributed by atoms with E-state index in [1.807, 2.05) is 0 Å². The number of aromatic nitrogens is 2. The number of aromatic amines is 1. The molecular formula is C10H17N3O3S. The molecule has 0 aromatic carbocycles. The number of nitrogens with one attached hydrogen (secondary N) is 2. The molecule has 7 heteroatoms. The lowest BCUT2D eigenvalue weighted by molar-refractivity contribution is 0.129. The van der Waals surface area contributed by atoms with E-state index in [-0.39, 0.29) is 4.90 Å². The van der Waals surface area contributed by atoms with Gasteiger partial charge in [-0.15, -0.1) is 0 Å². The van der Waals surface area contributed by atoms with Gasteiger partial charge in [-0.2, -0.15) is 5.10 Å². The minimum absolute atomic E-state index is 0.194. The van der Waals surface area contributed by atoms with E-state index in [4.69, 9.17) is 4.74 Å². The van der Waals surface area contributed by atoms with Crippen LogP contribution in [0.5, 0.6) is 0 Å². The lowest BCUT2D eigenvalue weighted by Crippen LogP contribution is -2.27. The van der Waals surface area contributed by atoms with Crippen LogP contribution in [0.25, 0.3) is 0 Å². The van der Waals surface area contributed by atoms with Gasteiger partial charge in [0.2, 0.25) is 10.0 Å². The minimum Gasteiger partial charge on any atom is -0.380 e. The molecule has 1 aliphatic carbocycles. The average Bonchev–Trinajstić information content (AvgIpc) is 2.98. The lowest BCUT2D eigenvalue weighted by atomic mass is 10.5.